The van der Waals surface area contributed by atoms with Gasteiger partial charge in [-0.25, -0.2) is 0 Å². The molecule has 0 bridgehead atoms. The fraction of sp³-hybridized carbons (Fsp3) is 0.130. The summed E-state index contributed by atoms with van der Waals surface area (Å²) in [5.41, 5.74) is 2.70. The Kier molecular flexibility index (Phi) is 5.30. The molecule has 0 aliphatic rings. The van der Waals surface area contributed by atoms with Gasteiger partial charge in [-0.1, -0.05) is 30.3 Å². The van der Waals surface area contributed by atoms with E-state index in [0.717, 1.165) is 22.9 Å². The van der Waals surface area contributed by atoms with Crippen LogP contribution in [-0.2, 0) is 13.0 Å². The fourth-order valence-electron chi connectivity index (χ4n) is 3.15. The maximum absolute atomic E-state index is 12.3. The molecule has 0 fully saturated rings. The zero-order valence-electron chi connectivity index (χ0n) is 15.6. The molecule has 1 amide bonds. The van der Waals surface area contributed by atoms with Gasteiger partial charge in [-0.3, -0.25) is 4.79 Å². The van der Waals surface area contributed by atoms with Crippen LogP contribution in [0.2, 0.25) is 0 Å². The van der Waals surface area contributed by atoms with Crippen molar-refractivity contribution in [3.8, 4) is 11.8 Å². The summed E-state index contributed by atoms with van der Waals surface area (Å²) in [6.07, 6.45) is 2.69. The number of para-hydroxylation sites is 2. The molecule has 2 N–H and O–H groups in total. The second-order valence-corrected chi connectivity index (χ2v) is 6.53. The third-order valence-corrected chi connectivity index (χ3v) is 4.62. The van der Waals surface area contributed by atoms with E-state index in [1.807, 2.05) is 24.4 Å². The molecule has 2 aromatic heterocycles. The van der Waals surface area contributed by atoms with Crippen molar-refractivity contribution in [2.45, 2.75) is 13.0 Å². The third-order valence-electron chi connectivity index (χ3n) is 4.62. The number of nitriles is 1. The Morgan fingerprint density at radius 3 is 2.83 bits per heavy atom. The Labute approximate surface area is 167 Å². The van der Waals surface area contributed by atoms with E-state index in [4.69, 9.17) is 14.4 Å². The Morgan fingerprint density at radius 1 is 1.10 bits per heavy atom. The number of H-pyrrole nitrogens is 1. The van der Waals surface area contributed by atoms with Crippen molar-refractivity contribution in [2.75, 3.05) is 6.54 Å². The van der Waals surface area contributed by atoms with E-state index in [1.165, 1.54) is 0 Å². The van der Waals surface area contributed by atoms with Gasteiger partial charge in [0.15, 0.2) is 5.76 Å². The van der Waals surface area contributed by atoms with Crippen LogP contribution in [-0.4, -0.2) is 17.4 Å². The number of nitrogens with one attached hydrogen (secondary N) is 2. The standard InChI is InChI=1S/C23H19N3O3/c24-13-16-5-1-4-8-21(16)28-15-18-9-10-22(29-18)23(27)25-12-11-17-14-26-20-7-3-2-6-19(17)20/h1-10,14,26H,11-12,15H2,(H,25,27). The summed E-state index contributed by atoms with van der Waals surface area (Å²) in [6.45, 7) is 0.643. The monoisotopic (exact) mass is 385 g/mol. The number of hydrogen-bond acceptors (Lipinski definition) is 4. The Bertz CT molecular complexity index is 1180. The van der Waals surface area contributed by atoms with Gasteiger partial charge in [0, 0.05) is 23.6 Å². The average molecular weight is 385 g/mol. The van der Waals surface area contributed by atoms with Gasteiger partial charge in [0.05, 0.1) is 5.56 Å². The van der Waals surface area contributed by atoms with Crippen LogP contribution in [0.1, 0.15) is 27.4 Å². The van der Waals surface area contributed by atoms with Crippen molar-refractivity contribution in [3.05, 3.63) is 89.5 Å². The molecule has 0 saturated carbocycles. The minimum atomic E-state index is -0.270. The van der Waals surface area contributed by atoms with Crippen LogP contribution in [0.25, 0.3) is 10.9 Å². The summed E-state index contributed by atoms with van der Waals surface area (Å²) in [6, 6.07) is 20.5. The van der Waals surface area contributed by atoms with Gasteiger partial charge in [-0.2, -0.15) is 5.26 Å². The minimum absolute atomic E-state index is 0.140. The van der Waals surface area contributed by atoms with E-state index < -0.39 is 0 Å². The number of ether oxygens (including phenoxy) is 1. The molecule has 6 nitrogen and oxygen atoms in total. The van der Waals surface area contributed by atoms with Gasteiger partial charge < -0.3 is 19.5 Å². The van der Waals surface area contributed by atoms with Gasteiger partial charge in [0.2, 0.25) is 0 Å². The third kappa shape index (κ3) is 4.14. The molecule has 0 spiro atoms. The zero-order valence-corrected chi connectivity index (χ0v) is 15.6. The molecule has 0 aliphatic carbocycles. The number of carbonyl (C=O) groups excluding carboxylic acids is 1. The molecule has 0 saturated heterocycles. The first kappa shape index (κ1) is 18.4. The van der Waals surface area contributed by atoms with E-state index in [2.05, 4.69) is 22.4 Å². The lowest BCUT2D eigenvalue weighted by Crippen LogP contribution is -2.25. The first-order valence-electron chi connectivity index (χ1n) is 9.28. The van der Waals surface area contributed by atoms with Crippen LogP contribution in [0.3, 0.4) is 0 Å². The summed E-state index contributed by atoms with van der Waals surface area (Å²) in [5, 5.41) is 13.1. The SMILES string of the molecule is N#Cc1ccccc1OCc1ccc(C(=O)NCCc2c[nH]c3ccccc23)o1. The van der Waals surface area contributed by atoms with E-state index in [-0.39, 0.29) is 18.3 Å². The second-order valence-electron chi connectivity index (χ2n) is 6.53. The van der Waals surface area contributed by atoms with Crippen LogP contribution in [0.4, 0.5) is 0 Å². The van der Waals surface area contributed by atoms with Crippen molar-refractivity contribution >= 4 is 16.8 Å². The molecule has 0 atom stereocenters. The second kappa shape index (κ2) is 8.36. The fourth-order valence-corrected chi connectivity index (χ4v) is 3.15. The predicted octanol–water partition coefficient (Wildman–Crippen LogP) is 4.18. The minimum Gasteiger partial charge on any atom is -0.484 e. The van der Waals surface area contributed by atoms with Crippen LogP contribution in [0, 0.1) is 11.3 Å². The van der Waals surface area contributed by atoms with Crippen LogP contribution < -0.4 is 10.1 Å². The van der Waals surface area contributed by atoms with E-state index in [9.17, 15) is 4.79 Å². The Balaban J connectivity index is 1.31. The molecule has 4 aromatic rings. The van der Waals surface area contributed by atoms with E-state index in [1.54, 1.807) is 36.4 Å². The maximum atomic E-state index is 12.3. The number of furan rings is 1. The number of aromatic amines is 1. The van der Waals surface area contributed by atoms with Gasteiger partial charge in [0.1, 0.15) is 24.2 Å². The number of amides is 1. The highest BCUT2D eigenvalue weighted by molar-refractivity contribution is 5.91. The maximum Gasteiger partial charge on any atom is 0.287 e. The summed E-state index contributed by atoms with van der Waals surface area (Å²) in [4.78, 5) is 15.6. The highest BCUT2D eigenvalue weighted by Crippen LogP contribution is 2.19. The number of fused-ring (bicyclic) bond motifs is 1. The number of carbonyl (C=O) groups is 1. The molecule has 6 heteroatoms. The highest BCUT2D eigenvalue weighted by Gasteiger charge is 2.12. The molecule has 0 aliphatic heterocycles. The Hall–Kier alpha value is -3.98. The van der Waals surface area contributed by atoms with Crippen LogP contribution in [0.15, 0.2) is 71.3 Å². The molecule has 4 rings (SSSR count). The van der Waals surface area contributed by atoms with Crippen molar-refractivity contribution in [1.29, 1.82) is 5.26 Å². The van der Waals surface area contributed by atoms with Crippen molar-refractivity contribution in [3.63, 3.8) is 0 Å². The first-order chi connectivity index (χ1) is 14.2. The molecule has 29 heavy (non-hydrogen) atoms. The number of nitrogens with zero attached hydrogens (tertiary/aromatic N) is 1. The summed E-state index contributed by atoms with van der Waals surface area (Å²) in [7, 11) is 0. The first-order valence-corrected chi connectivity index (χ1v) is 9.28. The van der Waals surface area contributed by atoms with Gasteiger partial charge >= 0.3 is 0 Å². The summed E-state index contributed by atoms with van der Waals surface area (Å²) < 4.78 is 11.2. The lowest BCUT2D eigenvalue weighted by atomic mass is 10.1. The molecule has 0 radical (unpaired) electrons. The van der Waals surface area contributed by atoms with Crippen molar-refractivity contribution < 1.29 is 13.9 Å². The zero-order chi connectivity index (χ0) is 20.1. The van der Waals surface area contributed by atoms with Crippen LogP contribution >= 0.6 is 0 Å². The smallest absolute Gasteiger partial charge is 0.287 e. The molecular formula is C23H19N3O3. The molecule has 2 aromatic carbocycles. The largest absolute Gasteiger partial charge is 0.484 e. The van der Waals surface area contributed by atoms with Gasteiger partial charge in [0.25, 0.3) is 5.91 Å². The van der Waals surface area contributed by atoms with Gasteiger partial charge in [-0.05, 0) is 42.3 Å². The molecule has 144 valence electrons. The van der Waals surface area contributed by atoms with E-state index >= 15 is 0 Å². The van der Waals surface area contributed by atoms with Crippen molar-refractivity contribution in [2.24, 2.45) is 0 Å². The predicted molar refractivity (Wildman–Crippen MR) is 109 cm³/mol. The number of rotatable bonds is 7. The topological polar surface area (TPSA) is 91.0 Å². The Morgan fingerprint density at radius 2 is 1.93 bits per heavy atom. The lowest BCUT2D eigenvalue weighted by molar-refractivity contribution is 0.0922. The normalized spacial score (nSPS) is 10.6. The molecule has 2 heterocycles. The number of aromatic nitrogens is 1. The lowest BCUT2D eigenvalue weighted by Gasteiger charge is -2.05. The molecular weight excluding hydrogens is 366 g/mol. The number of benzene rings is 2. The quantitative estimate of drug-likeness (QED) is 0.499. The average Bonchev–Trinajstić information content (AvgIpc) is 3.40. The van der Waals surface area contributed by atoms with Crippen molar-refractivity contribution in [1.82, 2.24) is 10.3 Å². The molecule has 0 unspecified atom stereocenters. The summed E-state index contributed by atoms with van der Waals surface area (Å²) in [5.74, 6) is 0.959. The summed E-state index contributed by atoms with van der Waals surface area (Å²) >= 11 is 0. The van der Waals surface area contributed by atoms with E-state index in [0.29, 0.717) is 23.6 Å². The van der Waals surface area contributed by atoms with Crippen LogP contribution in [0.5, 0.6) is 5.75 Å². The number of hydrogen-bond donors (Lipinski definition) is 2. The highest BCUT2D eigenvalue weighted by atomic mass is 16.5. The van der Waals surface area contributed by atoms with Gasteiger partial charge in [-0.15, -0.1) is 0 Å².